The molecular weight excluding hydrogens is 226 g/mol. The summed E-state index contributed by atoms with van der Waals surface area (Å²) >= 11 is 1.79. The van der Waals surface area contributed by atoms with E-state index in [2.05, 4.69) is 54.0 Å². The molecule has 0 atom stereocenters. The molecule has 0 saturated carbocycles. The first-order valence-corrected chi connectivity index (χ1v) is 7.11. The van der Waals surface area contributed by atoms with Gasteiger partial charge in [0.15, 0.2) is 0 Å². The standard InChI is InChI=1S/C15H15NS/c1-17-13-9-8-12-7-6-11-4-2-3-5-14(11)16-15(12)10-13/h2-5,8-10,16H,6-7H2,1H3. The maximum Gasteiger partial charge on any atom is 0.0428 e. The smallest absolute Gasteiger partial charge is 0.0428 e. The van der Waals surface area contributed by atoms with Gasteiger partial charge >= 0.3 is 0 Å². The molecule has 1 N–H and O–H groups in total. The number of fused-ring (bicyclic) bond motifs is 2. The highest BCUT2D eigenvalue weighted by molar-refractivity contribution is 7.98. The van der Waals surface area contributed by atoms with Crippen LogP contribution in [0.5, 0.6) is 0 Å². The number of thioether (sulfide) groups is 1. The Hall–Kier alpha value is -1.41. The summed E-state index contributed by atoms with van der Waals surface area (Å²) in [6.07, 6.45) is 4.36. The minimum absolute atomic E-state index is 1.12. The van der Waals surface area contributed by atoms with Crippen LogP contribution < -0.4 is 5.32 Å². The molecule has 2 aromatic carbocycles. The molecule has 0 radical (unpaired) electrons. The Morgan fingerprint density at radius 1 is 0.941 bits per heavy atom. The molecule has 1 aliphatic heterocycles. The van der Waals surface area contributed by atoms with Gasteiger partial charge in [-0.3, -0.25) is 0 Å². The van der Waals surface area contributed by atoms with Crippen molar-refractivity contribution in [2.45, 2.75) is 17.7 Å². The summed E-state index contributed by atoms with van der Waals surface area (Å²) in [4.78, 5) is 1.32. The van der Waals surface area contributed by atoms with Crippen LogP contribution in [0.15, 0.2) is 47.4 Å². The predicted octanol–water partition coefficient (Wildman–Crippen LogP) is 4.25. The van der Waals surface area contributed by atoms with Crippen LogP contribution in [0.2, 0.25) is 0 Å². The van der Waals surface area contributed by atoms with Gasteiger partial charge < -0.3 is 5.32 Å². The molecule has 0 unspecified atom stereocenters. The van der Waals surface area contributed by atoms with Gasteiger partial charge in [0.1, 0.15) is 0 Å². The molecule has 2 aromatic rings. The van der Waals surface area contributed by atoms with E-state index in [0.29, 0.717) is 0 Å². The van der Waals surface area contributed by atoms with Crippen LogP contribution in [0.1, 0.15) is 11.1 Å². The number of para-hydroxylation sites is 1. The van der Waals surface area contributed by atoms with E-state index in [4.69, 9.17) is 0 Å². The molecule has 17 heavy (non-hydrogen) atoms. The van der Waals surface area contributed by atoms with Crippen molar-refractivity contribution in [3.63, 3.8) is 0 Å². The molecule has 0 aliphatic carbocycles. The van der Waals surface area contributed by atoms with Crippen molar-refractivity contribution < 1.29 is 0 Å². The van der Waals surface area contributed by atoms with Crippen molar-refractivity contribution in [1.82, 2.24) is 0 Å². The summed E-state index contributed by atoms with van der Waals surface area (Å²) in [6, 6.07) is 15.3. The first-order valence-electron chi connectivity index (χ1n) is 5.88. The monoisotopic (exact) mass is 241 g/mol. The lowest BCUT2D eigenvalue weighted by molar-refractivity contribution is 0.976. The Labute approximate surface area is 106 Å². The van der Waals surface area contributed by atoms with Crippen LogP contribution in [0.25, 0.3) is 0 Å². The third-order valence-electron chi connectivity index (χ3n) is 3.27. The van der Waals surface area contributed by atoms with E-state index in [9.17, 15) is 0 Å². The maximum atomic E-state index is 3.56. The van der Waals surface area contributed by atoms with Crippen LogP contribution in [-0.4, -0.2) is 6.26 Å². The molecule has 0 bridgehead atoms. The lowest BCUT2D eigenvalue weighted by atomic mass is 10.0. The molecule has 1 nitrogen and oxygen atoms in total. The van der Waals surface area contributed by atoms with Gasteiger partial charge in [0.2, 0.25) is 0 Å². The lowest BCUT2D eigenvalue weighted by Gasteiger charge is -2.10. The van der Waals surface area contributed by atoms with Gasteiger partial charge in [-0.2, -0.15) is 0 Å². The first kappa shape index (κ1) is 10.7. The zero-order valence-corrected chi connectivity index (χ0v) is 10.7. The highest BCUT2D eigenvalue weighted by Crippen LogP contribution is 2.32. The third-order valence-corrected chi connectivity index (χ3v) is 3.99. The Morgan fingerprint density at radius 2 is 1.71 bits per heavy atom. The summed E-state index contributed by atoms with van der Waals surface area (Å²) in [5, 5.41) is 3.56. The largest absolute Gasteiger partial charge is 0.355 e. The van der Waals surface area contributed by atoms with E-state index in [0.717, 1.165) is 12.8 Å². The van der Waals surface area contributed by atoms with Gasteiger partial charge in [0.05, 0.1) is 0 Å². The summed E-state index contributed by atoms with van der Waals surface area (Å²) in [7, 11) is 0. The molecule has 0 saturated heterocycles. The van der Waals surface area contributed by atoms with Crippen molar-refractivity contribution >= 4 is 23.1 Å². The molecule has 0 fully saturated rings. The number of hydrogen-bond donors (Lipinski definition) is 1. The second kappa shape index (κ2) is 4.46. The second-order valence-corrected chi connectivity index (χ2v) is 5.18. The van der Waals surface area contributed by atoms with E-state index < -0.39 is 0 Å². The van der Waals surface area contributed by atoms with E-state index >= 15 is 0 Å². The van der Waals surface area contributed by atoms with Crippen LogP contribution >= 0.6 is 11.8 Å². The van der Waals surface area contributed by atoms with Crippen molar-refractivity contribution in [2.75, 3.05) is 11.6 Å². The van der Waals surface area contributed by atoms with Gasteiger partial charge in [-0.05, 0) is 48.4 Å². The van der Waals surface area contributed by atoms with Crippen molar-refractivity contribution in [3.8, 4) is 0 Å². The normalized spacial score (nSPS) is 13.2. The number of anilines is 2. The fraction of sp³-hybridized carbons (Fsp3) is 0.200. The van der Waals surface area contributed by atoms with E-state index in [1.807, 2.05) is 0 Å². The third kappa shape index (κ3) is 2.05. The van der Waals surface area contributed by atoms with Crippen molar-refractivity contribution in [1.29, 1.82) is 0 Å². The number of rotatable bonds is 1. The highest BCUT2D eigenvalue weighted by atomic mass is 32.2. The maximum absolute atomic E-state index is 3.56. The Kier molecular flexibility index (Phi) is 2.81. The average molecular weight is 241 g/mol. The molecule has 1 aliphatic rings. The fourth-order valence-electron chi connectivity index (χ4n) is 2.29. The topological polar surface area (TPSA) is 12.0 Å². The zero-order valence-electron chi connectivity index (χ0n) is 9.86. The Balaban J connectivity index is 2.05. The molecule has 0 spiro atoms. The van der Waals surface area contributed by atoms with Crippen molar-refractivity contribution in [3.05, 3.63) is 53.6 Å². The molecule has 86 valence electrons. The summed E-state index contributed by atoms with van der Waals surface area (Å²) in [5.41, 5.74) is 5.35. The molecular formula is C15H15NS. The van der Waals surface area contributed by atoms with Gasteiger partial charge in [-0.15, -0.1) is 11.8 Å². The van der Waals surface area contributed by atoms with Crippen LogP contribution in [-0.2, 0) is 12.8 Å². The minimum atomic E-state index is 1.12. The highest BCUT2D eigenvalue weighted by Gasteiger charge is 2.12. The van der Waals surface area contributed by atoms with E-state index in [1.54, 1.807) is 11.8 Å². The van der Waals surface area contributed by atoms with Crippen LogP contribution in [0.4, 0.5) is 11.4 Å². The molecule has 2 heteroatoms. The number of benzene rings is 2. The van der Waals surface area contributed by atoms with Crippen LogP contribution in [0.3, 0.4) is 0 Å². The molecule has 1 heterocycles. The quantitative estimate of drug-likeness (QED) is 0.749. The predicted molar refractivity (Wildman–Crippen MR) is 75.4 cm³/mol. The van der Waals surface area contributed by atoms with Gasteiger partial charge in [0.25, 0.3) is 0 Å². The van der Waals surface area contributed by atoms with Gasteiger partial charge in [-0.25, -0.2) is 0 Å². The first-order chi connectivity index (χ1) is 8.36. The lowest BCUT2D eigenvalue weighted by Crippen LogP contribution is -1.93. The molecule has 0 aromatic heterocycles. The van der Waals surface area contributed by atoms with E-state index in [-0.39, 0.29) is 0 Å². The van der Waals surface area contributed by atoms with Gasteiger partial charge in [-0.1, -0.05) is 24.3 Å². The van der Waals surface area contributed by atoms with Crippen molar-refractivity contribution in [2.24, 2.45) is 0 Å². The number of nitrogens with one attached hydrogen (secondary N) is 1. The fourth-order valence-corrected chi connectivity index (χ4v) is 2.73. The Morgan fingerprint density at radius 3 is 2.53 bits per heavy atom. The summed E-state index contributed by atoms with van der Waals surface area (Å²) in [6.45, 7) is 0. The van der Waals surface area contributed by atoms with Gasteiger partial charge in [0, 0.05) is 16.3 Å². The average Bonchev–Trinajstić information content (AvgIpc) is 2.56. The number of hydrogen-bond acceptors (Lipinski definition) is 2. The number of aryl methyl sites for hydroxylation is 2. The Bertz CT molecular complexity index is 548. The molecule has 0 amide bonds. The SMILES string of the molecule is CSc1ccc2c(c1)Nc1ccccc1CC2. The summed E-state index contributed by atoms with van der Waals surface area (Å²) in [5.74, 6) is 0. The minimum Gasteiger partial charge on any atom is -0.355 e. The van der Waals surface area contributed by atoms with E-state index in [1.165, 1.54) is 27.4 Å². The zero-order chi connectivity index (χ0) is 11.7. The molecule has 3 rings (SSSR count). The second-order valence-electron chi connectivity index (χ2n) is 4.31. The summed E-state index contributed by atoms with van der Waals surface area (Å²) < 4.78 is 0. The van der Waals surface area contributed by atoms with Crippen LogP contribution in [0, 0.1) is 0 Å².